The number of imidazole rings is 1. The molecule has 0 aliphatic carbocycles. The molecular weight excluding hydrogens is 564 g/mol. The molecule has 0 unspecified atom stereocenters. The smallest absolute Gasteiger partial charge is 0.148 e. The molecule has 0 aliphatic rings. The van der Waals surface area contributed by atoms with Crippen molar-refractivity contribution in [2.24, 2.45) is 0 Å². The number of hydrogen-bond acceptors (Lipinski definition) is 4. The summed E-state index contributed by atoms with van der Waals surface area (Å²) in [6.07, 6.45) is 0. The zero-order valence-electron chi connectivity index (χ0n) is 20.5. The summed E-state index contributed by atoms with van der Waals surface area (Å²) in [6.45, 7) is 0. The van der Waals surface area contributed by atoms with Crippen LogP contribution in [0.4, 0.5) is 0 Å². The van der Waals surface area contributed by atoms with Gasteiger partial charge in [0, 0.05) is 26.4 Å². The van der Waals surface area contributed by atoms with E-state index in [1.165, 1.54) is 22.5 Å². The van der Waals surface area contributed by atoms with Crippen LogP contribution in [-0.4, -0.2) is 18.3 Å². The molecule has 8 aromatic rings. The second kappa shape index (κ2) is 8.83. The van der Waals surface area contributed by atoms with Crippen molar-refractivity contribution in [2.45, 2.75) is 0 Å². The van der Waals surface area contributed by atoms with E-state index in [0.717, 1.165) is 65.5 Å². The summed E-state index contributed by atoms with van der Waals surface area (Å²) < 4.78 is 12.8. The van der Waals surface area contributed by atoms with E-state index in [2.05, 4.69) is 124 Å². The third kappa shape index (κ3) is 3.38. The quantitative estimate of drug-likeness (QED) is 0.195. The molecule has 8 rings (SSSR count). The van der Waals surface area contributed by atoms with Gasteiger partial charge in [0.1, 0.15) is 16.9 Å². The average molecular weight is 584 g/mol. The van der Waals surface area contributed by atoms with Gasteiger partial charge >= 0.3 is 0 Å². The van der Waals surface area contributed by atoms with Gasteiger partial charge in [-0.15, -0.1) is 0 Å². The highest BCUT2D eigenvalue weighted by Crippen LogP contribution is 2.42. The van der Waals surface area contributed by atoms with Gasteiger partial charge in [-0.3, -0.25) is 4.57 Å². The first-order valence-corrected chi connectivity index (χ1v) is 14.2. The normalized spacial score (nSPS) is 11.7. The second-order valence-electron chi connectivity index (χ2n) is 9.50. The molecule has 2 heterocycles. The van der Waals surface area contributed by atoms with Gasteiger partial charge in [-0.05, 0) is 50.5 Å². The number of benzene rings is 6. The fraction of sp³-hybridized carbons (Fsp3) is 0. The Bertz CT molecular complexity index is 2200. The summed E-state index contributed by atoms with van der Waals surface area (Å²) in [4.78, 5) is 5.39. The van der Waals surface area contributed by atoms with Gasteiger partial charge in [0.2, 0.25) is 0 Å². The third-order valence-electron chi connectivity index (χ3n) is 7.37. The third-order valence-corrected chi connectivity index (χ3v) is 8.57. The molecule has 0 saturated heterocycles. The van der Waals surface area contributed by atoms with Crippen LogP contribution in [0.5, 0.6) is 0 Å². The van der Waals surface area contributed by atoms with Gasteiger partial charge < -0.3 is 0 Å². The zero-order valence-corrected chi connectivity index (χ0v) is 22.9. The minimum atomic E-state index is 0.843. The topological polar surface area (TPSA) is 43.6 Å². The molecule has 2 aromatic heterocycles. The summed E-state index contributed by atoms with van der Waals surface area (Å²) in [5, 5.41) is 4.70. The molecule has 6 heteroatoms. The molecule has 184 valence electrons. The Morgan fingerprint density at radius 1 is 0.538 bits per heavy atom. The number of fused-ring (bicyclic) bond motifs is 7. The number of para-hydroxylation sites is 1. The molecule has 0 fully saturated rings. The monoisotopic (exact) mass is 582 g/mol. The molecule has 0 N–H and O–H groups in total. The number of halogens is 1. The SMILES string of the molecule is Brc1ccccc1-n1c(-c2ccc(-c3ccccc3)c3nsnc23)nc2c3ccccc3c3ccccc3c21. The van der Waals surface area contributed by atoms with Crippen LogP contribution in [-0.2, 0) is 0 Å². The van der Waals surface area contributed by atoms with Gasteiger partial charge in [-0.2, -0.15) is 8.75 Å². The fourth-order valence-electron chi connectivity index (χ4n) is 5.65. The maximum Gasteiger partial charge on any atom is 0.148 e. The van der Waals surface area contributed by atoms with E-state index in [0.29, 0.717) is 0 Å². The summed E-state index contributed by atoms with van der Waals surface area (Å²) in [6, 6.07) is 40.1. The van der Waals surface area contributed by atoms with Crippen LogP contribution in [0.3, 0.4) is 0 Å². The minimum absolute atomic E-state index is 0.843. The Labute approximate surface area is 236 Å². The fourth-order valence-corrected chi connectivity index (χ4v) is 6.69. The summed E-state index contributed by atoms with van der Waals surface area (Å²) >= 11 is 5.07. The first-order valence-electron chi connectivity index (χ1n) is 12.7. The van der Waals surface area contributed by atoms with Crippen LogP contribution in [0, 0.1) is 0 Å². The number of aromatic nitrogens is 4. The van der Waals surface area contributed by atoms with Gasteiger partial charge in [0.15, 0.2) is 0 Å². The molecule has 0 spiro atoms. The van der Waals surface area contributed by atoms with Crippen LogP contribution in [0.1, 0.15) is 0 Å². The molecule has 4 nitrogen and oxygen atoms in total. The van der Waals surface area contributed by atoms with Gasteiger partial charge in [0.05, 0.1) is 28.4 Å². The Kier molecular flexibility index (Phi) is 5.11. The van der Waals surface area contributed by atoms with Crippen molar-refractivity contribution in [3.63, 3.8) is 0 Å². The Hall–Kier alpha value is -4.39. The lowest BCUT2D eigenvalue weighted by Crippen LogP contribution is -2.00. The van der Waals surface area contributed by atoms with Crippen molar-refractivity contribution >= 4 is 71.3 Å². The van der Waals surface area contributed by atoms with E-state index in [1.807, 2.05) is 12.1 Å². The van der Waals surface area contributed by atoms with Crippen LogP contribution >= 0.6 is 27.7 Å². The van der Waals surface area contributed by atoms with Crippen LogP contribution in [0.25, 0.3) is 71.8 Å². The van der Waals surface area contributed by atoms with Gasteiger partial charge in [-0.1, -0.05) is 97.1 Å². The Balaban J connectivity index is 1.55. The summed E-state index contributed by atoms with van der Waals surface area (Å²) in [5.41, 5.74) is 7.98. The Morgan fingerprint density at radius 2 is 1.13 bits per heavy atom. The lowest BCUT2D eigenvalue weighted by atomic mass is 10.00. The molecule has 0 aliphatic heterocycles. The lowest BCUT2D eigenvalue weighted by molar-refractivity contribution is 1.10. The first-order chi connectivity index (χ1) is 19.3. The van der Waals surface area contributed by atoms with Crippen molar-refractivity contribution in [1.29, 1.82) is 0 Å². The van der Waals surface area contributed by atoms with E-state index in [4.69, 9.17) is 13.7 Å². The van der Waals surface area contributed by atoms with E-state index in [-0.39, 0.29) is 0 Å². The highest BCUT2D eigenvalue weighted by Gasteiger charge is 2.24. The number of rotatable bonds is 3. The highest BCUT2D eigenvalue weighted by atomic mass is 79.9. The van der Waals surface area contributed by atoms with E-state index >= 15 is 0 Å². The molecule has 6 aromatic carbocycles. The zero-order chi connectivity index (χ0) is 25.9. The average Bonchev–Trinajstić information content (AvgIpc) is 3.64. The Morgan fingerprint density at radius 3 is 1.90 bits per heavy atom. The molecule has 0 radical (unpaired) electrons. The van der Waals surface area contributed by atoms with Crippen molar-refractivity contribution in [1.82, 2.24) is 18.3 Å². The van der Waals surface area contributed by atoms with E-state index < -0.39 is 0 Å². The van der Waals surface area contributed by atoms with Crippen LogP contribution in [0.2, 0.25) is 0 Å². The molecule has 0 amide bonds. The van der Waals surface area contributed by atoms with Crippen molar-refractivity contribution in [3.8, 4) is 28.2 Å². The minimum Gasteiger partial charge on any atom is -0.290 e. The molecule has 0 saturated carbocycles. The van der Waals surface area contributed by atoms with Crippen LogP contribution in [0.15, 0.2) is 120 Å². The maximum absolute atomic E-state index is 5.39. The van der Waals surface area contributed by atoms with E-state index in [9.17, 15) is 0 Å². The van der Waals surface area contributed by atoms with Crippen molar-refractivity contribution < 1.29 is 0 Å². The molecule has 0 atom stereocenters. The lowest BCUT2D eigenvalue weighted by Gasteiger charge is -2.14. The molecule has 39 heavy (non-hydrogen) atoms. The van der Waals surface area contributed by atoms with Gasteiger partial charge in [0.25, 0.3) is 0 Å². The number of hydrogen-bond donors (Lipinski definition) is 0. The number of nitrogens with zero attached hydrogens (tertiary/aromatic N) is 4. The standard InChI is InChI=1S/C33H19BrN4S/c34-27-16-8-9-17-28(27)38-32-25-15-7-5-13-23(25)22-12-4-6-14-24(22)31(32)35-33(38)26-19-18-21(20-10-2-1-3-11-20)29-30(26)37-39-36-29/h1-19H. The van der Waals surface area contributed by atoms with Crippen molar-refractivity contribution in [2.75, 3.05) is 0 Å². The highest BCUT2D eigenvalue weighted by molar-refractivity contribution is 9.10. The van der Waals surface area contributed by atoms with Gasteiger partial charge in [-0.25, -0.2) is 4.98 Å². The summed E-state index contributed by atoms with van der Waals surface area (Å²) in [5.74, 6) is 0.843. The maximum atomic E-state index is 5.39. The predicted octanol–water partition coefficient (Wildman–Crippen LogP) is 9.43. The molecular formula is C33H19BrN4S. The predicted molar refractivity (Wildman–Crippen MR) is 166 cm³/mol. The van der Waals surface area contributed by atoms with E-state index in [1.54, 1.807) is 0 Å². The van der Waals surface area contributed by atoms with Crippen molar-refractivity contribution in [3.05, 3.63) is 120 Å². The molecule has 0 bridgehead atoms. The second-order valence-corrected chi connectivity index (χ2v) is 10.9. The largest absolute Gasteiger partial charge is 0.290 e. The summed E-state index contributed by atoms with van der Waals surface area (Å²) in [7, 11) is 0. The first kappa shape index (κ1) is 22.6. The van der Waals surface area contributed by atoms with Crippen LogP contribution < -0.4 is 0 Å².